The smallest absolute Gasteiger partial charge is 0.304 e. The lowest BCUT2D eigenvalue weighted by Crippen LogP contribution is -2.09. The maximum Gasteiger partial charge on any atom is 0.304 e. The van der Waals surface area contributed by atoms with Gasteiger partial charge >= 0.3 is 6.01 Å². The highest BCUT2D eigenvalue weighted by molar-refractivity contribution is 5.73. The van der Waals surface area contributed by atoms with Gasteiger partial charge in [-0.15, -0.1) is 0 Å². The predicted octanol–water partition coefficient (Wildman–Crippen LogP) is 1.32. The van der Waals surface area contributed by atoms with Crippen LogP contribution in [0.4, 0.5) is 0 Å². The third-order valence-electron chi connectivity index (χ3n) is 2.79. The van der Waals surface area contributed by atoms with E-state index in [0.29, 0.717) is 22.3 Å². The molecule has 3 rings (SSSR count). The Kier molecular flexibility index (Phi) is 2.69. The minimum absolute atomic E-state index is 0.0220. The summed E-state index contributed by atoms with van der Waals surface area (Å²) in [5.74, 6) is 0.333. The van der Waals surface area contributed by atoms with Crippen molar-refractivity contribution in [3.8, 4) is 17.8 Å². The number of benzene rings is 1. The topological polar surface area (TPSA) is 96.6 Å². The van der Waals surface area contributed by atoms with Crippen molar-refractivity contribution >= 4 is 11.0 Å². The number of aryl methyl sites for hydroxylation is 1. The Morgan fingerprint density at radius 1 is 1.40 bits per heavy atom. The van der Waals surface area contributed by atoms with Crippen molar-refractivity contribution in [3.05, 3.63) is 46.4 Å². The van der Waals surface area contributed by atoms with Crippen molar-refractivity contribution in [3.63, 3.8) is 0 Å². The summed E-state index contributed by atoms with van der Waals surface area (Å²) in [4.78, 5) is 18.6. The standard InChI is InChI=1S/C13H9N5O2/c1-18-11-9(7-15-18)12(19)17-13(16-11)20-10-5-3-2-4-8(10)6-14/h2-5,7H,1H3,(H,16,17,19). The largest absolute Gasteiger partial charge is 0.424 e. The Labute approximate surface area is 113 Å². The van der Waals surface area contributed by atoms with E-state index in [9.17, 15) is 4.79 Å². The second-order valence-electron chi connectivity index (χ2n) is 4.09. The van der Waals surface area contributed by atoms with Gasteiger partial charge < -0.3 is 4.74 Å². The van der Waals surface area contributed by atoms with E-state index in [2.05, 4.69) is 15.1 Å². The van der Waals surface area contributed by atoms with E-state index in [1.165, 1.54) is 10.9 Å². The predicted molar refractivity (Wildman–Crippen MR) is 70.4 cm³/mol. The molecule has 0 amide bonds. The fourth-order valence-corrected chi connectivity index (χ4v) is 1.81. The summed E-state index contributed by atoms with van der Waals surface area (Å²) in [6.07, 6.45) is 1.44. The van der Waals surface area contributed by atoms with Crippen LogP contribution in [-0.2, 0) is 7.05 Å². The quantitative estimate of drug-likeness (QED) is 0.755. The molecule has 0 atom stereocenters. The van der Waals surface area contributed by atoms with Gasteiger partial charge in [0.15, 0.2) is 5.65 Å². The maximum atomic E-state index is 11.9. The summed E-state index contributed by atoms with van der Waals surface area (Å²) < 4.78 is 6.96. The fraction of sp³-hybridized carbons (Fsp3) is 0.0769. The molecule has 1 aromatic carbocycles. The molecule has 0 spiro atoms. The Bertz CT molecular complexity index is 888. The number of aromatic nitrogens is 4. The average molecular weight is 267 g/mol. The second kappa shape index (κ2) is 4.51. The van der Waals surface area contributed by atoms with Crippen LogP contribution in [-0.4, -0.2) is 19.7 Å². The molecule has 0 unspecified atom stereocenters. The zero-order chi connectivity index (χ0) is 14.1. The zero-order valence-corrected chi connectivity index (χ0v) is 10.5. The van der Waals surface area contributed by atoms with Crippen LogP contribution in [0.15, 0.2) is 35.3 Å². The van der Waals surface area contributed by atoms with E-state index in [0.717, 1.165) is 0 Å². The molecule has 0 aliphatic carbocycles. The van der Waals surface area contributed by atoms with Gasteiger partial charge in [0, 0.05) is 7.05 Å². The number of para-hydroxylation sites is 1. The fourth-order valence-electron chi connectivity index (χ4n) is 1.81. The number of nitrogens with one attached hydrogen (secondary N) is 1. The summed E-state index contributed by atoms with van der Waals surface area (Å²) in [6, 6.07) is 8.75. The molecule has 0 radical (unpaired) electrons. The van der Waals surface area contributed by atoms with Crippen LogP contribution in [0.1, 0.15) is 5.56 Å². The highest BCUT2D eigenvalue weighted by atomic mass is 16.5. The first-order chi connectivity index (χ1) is 9.69. The Morgan fingerprint density at radius 3 is 3.00 bits per heavy atom. The molecule has 2 aromatic heterocycles. The Morgan fingerprint density at radius 2 is 2.20 bits per heavy atom. The first-order valence-electron chi connectivity index (χ1n) is 5.78. The molecule has 7 nitrogen and oxygen atoms in total. The van der Waals surface area contributed by atoms with E-state index in [-0.39, 0.29) is 11.6 Å². The highest BCUT2D eigenvalue weighted by Gasteiger charge is 2.10. The zero-order valence-electron chi connectivity index (χ0n) is 10.5. The summed E-state index contributed by atoms with van der Waals surface area (Å²) in [7, 11) is 1.68. The minimum Gasteiger partial charge on any atom is -0.424 e. The van der Waals surface area contributed by atoms with Crippen LogP contribution in [0.5, 0.6) is 11.8 Å². The first kappa shape index (κ1) is 11.9. The molecule has 98 valence electrons. The van der Waals surface area contributed by atoms with Crippen LogP contribution >= 0.6 is 0 Å². The Hall–Kier alpha value is -3.14. The lowest BCUT2D eigenvalue weighted by Gasteiger charge is -2.05. The van der Waals surface area contributed by atoms with E-state index in [4.69, 9.17) is 10.00 Å². The van der Waals surface area contributed by atoms with Crippen LogP contribution in [0.3, 0.4) is 0 Å². The molecule has 0 fully saturated rings. The maximum absolute atomic E-state index is 11.9. The molecule has 3 aromatic rings. The van der Waals surface area contributed by atoms with Crippen molar-refractivity contribution in [2.24, 2.45) is 7.05 Å². The molecule has 1 N–H and O–H groups in total. The van der Waals surface area contributed by atoms with Crippen molar-refractivity contribution in [1.29, 1.82) is 5.26 Å². The normalized spacial score (nSPS) is 10.4. The van der Waals surface area contributed by atoms with E-state index >= 15 is 0 Å². The van der Waals surface area contributed by atoms with Gasteiger partial charge in [0.05, 0.1) is 11.8 Å². The number of nitrogens with zero attached hydrogens (tertiary/aromatic N) is 4. The van der Waals surface area contributed by atoms with Crippen LogP contribution < -0.4 is 10.3 Å². The van der Waals surface area contributed by atoms with Crippen LogP contribution in [0.2, 0.25) is 0 Å². The molecule has 0 aliphatic rings. The number of rotatable bonds is 2. The lowest BCUT2D eigenvalue weighted by molar-refractivity contribution is 0.440. The average Bonchev–Trinajstić information content (AvgIpc) is 2.82. The number of aromatic amines is 1. The lowest BCUT2D eigenvalue weighted by atomic mass is 10.2. The van der Waals surface area contributed by atoms with Crippen LogP contribution in [0, 0.1) is 11.3 Å². The van der Waals surface area contributed by atoms with Gasteiger partial charge in [0.1, 0.15) is 17.2 Å². The molecule has 0 bridgehead atoms. The monoisotopic (exact) mass is 267 g/mol. The third-order valence-corrected chi connectivity index (χ3v) is 2.79. The summed E-state index contributed by atoms with van der Waals surface area (Å²) >= 11 is 0. The SMILES string of the molecule is Cn1ncc2c(=O)[nH]c(Oc3ccccc3C#N)nc21. The number of nitriles is 1. The van der Waals surface area contributed by atoms with Gasteiger partial charge in [-0.1, -0.05) is 12.1 Å². The number of fused-ring (bicyclic) bond motifs is 1. The first-order valence-corrected chi connectivity index (χ1v) is 5.78. The van der Waals surface area contributed by atoms with Crippen LogP contribution in [0.25, 0.3) is 11.0 Å². The van der Waals surface area contributed by atoms with E-state index < -0.39 is 0 Å². The number of ether oxygens (including phenoxy) is 1. The third kappa shape index (κ3) is 1.89. The van der Waals surface area contributed by atoms with E-state index in [1.54, 1.807) is 31.3 Å². The second-order valence-corrected chi connectivity index (χ2v) is 4.09. The molecular weight excluding hydrogens is 258 g/mol. The van der Waals surface area contributed by atoms with E-state index in [1.807, 2.05) is 6.07 Å². The summed E-state index contributed by atoms with van der Waals surface area (Å²) in [5, 5.41) is 13.3. The minimum atomic E-state index is -0.340. The molecule has 0 saturated heterocycles. The summed E-state index contributed by atoms with van der Waals surface area (Å²) in [6.45, 7) is 0. The molecule has 0 aliphatic heterocycles. The van der Waals surface area contributed by atoms with Gasteiger partial charge in [-0.05, 0) is 12.1 Å². The molecule has 0 saturated carbocycles. The number of hydrogen-bond donors (Lipinski definition) is 1. The number of hydrogen-bond acceptors (Lipinski definition) is 5. The van der Waals surface area contributed by atoms with Gasteiger partial charge in [0.2, 0.25) is 0 Å². The van der Waals surface area contributed by atoms with Gasteiger partial charge in [-0.2, -0.15) is 15.3 Å². The molecule has 20 heavy (non-hydrogen) atoms. The van der Waals surface area contributed by atoms with Gasteiger partial charge in [-0.3, -0.25) is 14.5 Å². The van der Waals surface area contributed by atoms with Gasteiger partial charge in [0.25, 0.3) is 5.56 Å². The van der Waals surface area contributed by atoms with Crippen molar-refractivity contribution in [2.75, 3.05) is 0 Å². The highest BCUT2D eigenvalue weighted by Crippen LogP contribution is 2.22. The molecular formula is C13H9N5O2. The van der Waals surface area contributed by atoms with Crippen molar-refractivity contribution in [1.82, 2.24) is 19.7 Å². The molecule has 2 heterocycles. The summed E-state index contributed by atoms with van der Waals surface area (Å²) in [5.41, 5.74) is 0.436. The van der Waals surface area contributed by atoms with Crippen molar-refractivity contribution in [2.45, 2.75) is 0 Å². The molecule has 7 heteroatoms. The van der Waals surface area contributed by atoms with Crippen molar-refractivity contribution < 1.29 is 4.74 Å². The Balaban J connectivity index is 2.10. The number of H-pyrrole nitrogens is 1. The van der Waals surface area contributed by atoms with Gasteiger partial charge in [-0.25, -0.2) is 0 Å².